The molecule has 0 aromatic rings. The second kappa shape index (κ2) is 63.4. The molecule has 0 N–H and O–H groups in total. The number of rotatable bonds is 62. The molecule has 0 heterocycles. The maximum atomic E-state index is 12.8. The molecule has 0 aliphatic carbocycles. The van der Waals surface area contributed by atoms with Crippen LogP contribution >= 0.6 is 0 Å². The molecule has 1 unspecified atom stereocenters. The zero-order valence-corrected chi connectivity index (χ0v) is 50.1. The molecule has 0 radical (unpaired) electrons. The van der Waals surface area contributed by atoms with Crippen LogP contribution in [0.4, 0.5) is 0 Å². The Morgan fingerprint density at radius 1 is 0.257 bits per heavy atom. The van der Waals surface area contributed by atoms with Crippen LogP contribution in [-0.4, -0.2) is 37.2 Å². The van der Waals surface area contributed by atoms with Crippen LogP contribution in [0.25, 0.3) is 0 Å². The molecular formula is C68H128O6. The van der Waals surface area contributed by atoms with E-state index in [1.54, 1.807) is 0 Å². The highest BCUT2D eigenvalue weighted by molar-refractivity contribution is 5.71. The van der Waals surface area contributed by atoms with Crippen molar-refractivity contribution >= 4 is 17.9 Å². The molecule has 6 heteroatoms. The number of ether oxygens (including phenoxy) is 3. The Morgan fingerprint density at radius 3 is 0.676 bits per heavy atom. The lowest BCUT2D eigenvalue weighted by Gasteiger charge is -2.18. The molecule has 1 atom stereocenters. The Kier molecular flexibility index (Phi) is 61.6. The molecule has 0 aromatic heterocycles. The van der Waals surface area contributed by atoms with E-state index in [2.05, 4.69) is 45.1 Å². The van der Waals surface area contributed by atoms with Crippen molar-refractivity contribution in [3.05, 3.63) is 24.3 Å². The first-order chi connectivity index (χ1) is 36.5. The van der Waals surface area contributed by atoms with Gasteiger partial charge < -0.3 is 14.2 Å². The van der Waals surface area contributed by atoms with E-state index >= 15 is 0 Å². The molecule has 6 nitrogen and oxygen atoms in total. The molecule has 0 saturated carbocycles. The summed E-state index contributed by atoms with van der Waals surface area (Å²) in [7, 11) is 0. The first-order valence-corrected chi connectivity index (χ1v) is 33.3. The van der Waals surface area contributed by atoms with Gasteiger partial charge in [0.05, 0.1) is 0 Å². The molecule has 0 spiro atoms. The summed E-state index contributed by atoms with van der Waals surface area (Å²) in [5.41, 5.74) is 0. The second-order valence-electron chi connectivity index (χ2n) is 22.7. The zero-order chi connectivity index (χ0) is 53.6. The molecule has 0 amide bonds. The number of hydrogen-bond donors (Lipinski definition) is 0. The Morgan fingerprint density at radius 2 is 0.446 bits per heavy atom. The van der Waals surface area contributed by atoms with E-state index in [0.717, 1.165) is 64.2 Å². The molecule has 0 aromatic carbocycles. The van der Waals surface area contributed by atoms with Crippen molar-refractivity contribution in [2.45, 2.75) is 380 Å². The van der Waals surface area contributed by atoms with Crippen LogP contribution in [0, 0.1) is 0 Å². The average molecular weight is 1040 g/mol. The van der Waals surface area contributed by atoms with E-state index in [4.69, 9.17) is 14.2 Å². The van der Waals surface area contributed by atoms with E-state index < -0.39 is 6.10 Å². The summed E-state index contributed by atoms with van der Waals surface area (Å²) < 4.78 is 16.9. The minimum absolute atomic E-state index is 0.0690. The van der Waals surface area contributed by atoms with Gasteiger partial charge in [0.25, 0.3) is 0 Å². The van der Waals surface area contributed by atoms with Crippen LogP contribution in [-0.2, 0) is 28.6 Å². The highest BCUT2D eigenvalue weighted by Gasteiger charge is 2.19. The fourth-order valence-electron chi connectivity index (χ4n) is 10.1. The minimum Gasteiger partial charge on any atom is -0.462 e. The van der Waals surface area contributed by atoms with E-state index in [0.29, 0.717) is 19.3 Å². The number of carbonyl (C=O) groups is 3. The molecule has 0 aliphatic heterocycles. The predicted molar refractivity (Wildman–Crippen MR) is 321 cm³/mol. The van der Waals surface area contributed by atoms with Crippen LogP contribution in [0.5, 0.6) is 0 Å². The monoisotopic (exact) mass is 1040 g/mol. The van der Waals surface area contributed by atoms with Crippen LogP contribution in [0.2, 0.25) is 0 Å². The fraction of sp³-hybridized carbons (Fsp3) is 0.897. The molecule has 0 bridgehead atoms. The van der Waals surface area contributed by atoms with Gasteiger partial charge in [0.15, 0.2) is 6.10 Å². The van der Waals surface area contributed by atoms with Crippen molar-refractivity contribution in [2.75, 3.05) is 13.2 Å². The third kappa shape index (κ3) is 60.8. The van der Waals surface area contributed by atoms with Gasteiger partial charge in [-0.3, -0.25) is 14.4 Å². The highest BCUT2D eigenvalue weighted by atomic mass is 16.6. The number of unbranched alkanes of at least 4 members (excludes halogenated alkanes) is 47. The number of carbonyl (C=O) groups excluding carboxylic acids is 3. The van der Waals surface area contributed by atoms with Gasteiger partial charge in [-0.1, -0.05) is 308 Å². The third-order valence-electron chi connectivity index (χ3n) is 15.2. The summed E-state index contributed by atoms with van der Waals surface area (Å²) in [5.74, 6) is -0.858. The zero-order valence-electron chi connectivity index (χ0n) is 50.1. The number of hydrogen-bond acceptors (Lipinski definition) is 6. The van der Waals surface area contributed by atoms with Crippen molar-refractivity contribution < 1.29 is 28.6 Å². The Labute approximate surface area is 462 Å². The predicted octanol–water partition coefficient (Wildman–Crippen LogP) is 22.6. The van der Waals surface area contributed by atoms with Crippen molar-refractivity contribution in [3.63, 3.8) is 0 Å². The Hall–Kier alpha value is -2.11. The topological polar surface area (TPSA) is 78.9 Å². The summed E-state index contributed by atoms with van der Waals surface area (Å²) in [6, 6.07) is 0. The first-order valence-electron chi connectivity index (χ1n) is 33.3. The summed E-state index contributed by atoms with van der Waals surface area (Å²) in [6.45, 7) is 6.66. The van der Waals surface area contributed by atoms with Gasteiger partial charge in [-0.05, 0) is 70.6 Å². The van der Waals surface area contributed by atoms with Crippen molar-refractivity contribution in [1.29, 1.82) is 0 Å². The minimum atomic E-state index is -0.770. The van der Waals surface area contributed by atoms with E-state index in [-0.39, 0.29) is 31.1 Å². The fourth-order valence-corrected chi connectivity index (χ4v) is 10.1. The van der Waals surface area contributed by atoms with Gasteiger partial charge in [-0.2, -0.15) is 0 Å². The largest absolute Gasteiger partial charge is 0.462 e. The quantitative estimate of drug-likeness (QED) is 0.0261. The van der Waals surface area contributed by atoms with E-state index in [9.17, 15) is 14.4 Å². The highest BCUT2D eigenvalue weighted by Crippen LogP contribution is 2.18. The molecular weight excluding hydrogens is 913 g/mol. The first kappa shape index (κ1) is 71.9. The summed E-state index contributed by atoms with van der Waals surface area (Å²) in [5, 5.41) is 0. The van der Waals surface area contributed by atoms with Crippen LogP contribution in [0.15, 0.2) is 24.3 Å². The van der Waals surface area contributed by atoms with Gasteiger partial charge in [-0.15, -0.1) is 0 Å². The van der Waals surface area contributed by atoms with Crippen molar-refractivity contribution in [3.8, 4) is 0 Å². The number of esters is 3. The molecule has 436 valence electrons. The molecule has 0 aliphatic rings. The lowest BCUT2D eigenvalue weighted by atomic mass is 10.0. The Bertz CT molecular complexity index is 1190. The van der Waals surface area contributed by atoms with Gasteiger partial charge in [-0.25, -0.2) is 0 Å². The lowest BCUT2D eigenvalue weighted by molar-refractivity contribution is -0.167. The maximum absolute atomic E-state index is 12.8. The smallest absolute Gasteiger partial charge is 0.306 e. The Balaban J connectivity index is 3.98. The summed E-state index contributed by atoms with van der Waals surface area (Å²) in [6.07, 6.45) is 76.6. The number of allylic oxidation sites excluding steroid dienone is 4. The van der Waals surface area contributed by atoms with Crippen molar-refractivity contribution in [1.82, 2.24) is 0 Å². The van der Waals surface area contributed by atoms with Gasteiger partial charge >= 0.3 is 17.9 Å². The molecule has 0 saturated heterocycles. The summed E-state index contributed by atoms with van der Waals surface area (Å²) >= 11 is 0. The third-order valence-corrected chi connectivity index (χ3v) is 15.2. The SMILES string of the molecule is CCCCCCC/C=C\CCCCCCCC(=O)OC(COC(=O)CCCCCCCCCCC)COC(=O)CCCCCCCCCCCCCCCCCCCCCCC/C=C\CCCCCCCCCC. The lowest BCUT2D eigenvalue weighted by Crippen LogP contribution is -2.30. The molecule has 0 rings (SSSR count). The van der Waals surface area contributed by atoms with Crippen LogP contribution < -0.4 is 0 Å². The standard InChI is InChI=1S/C68H128O6/c1-4-7-10-13-16-19-21-23-25-26-27-28-29-30-31-32-33-34-35-36-37-38-39-40-41-42-43-45-46-49-52-55-58-61-67(70)73-64-65(63-72-66(69)60-57-54-51-48-18-15-12-9-6-3)74-68(71)62-59-56-53-50-47-44-24-22-20-17-14-11-8-5-2/h22,24,26-27,65H,4-21,23,25,28-64H2,1-3H3/b24-22-,27-26-. The van der Waals surface area contributed by atoms with Crippen LogP contribution in [0.1, 0.15) is 374 Å². The average Bonchev–Trinajstić information content (AvgIpc) is 3.40. The van der Waals surface area contributed by atoms with Gasteiger partial charge in [0.1, 0.15) is 13.2 Å². The molecule has 74 heavy (non-hydrogen) atoms. The maximum Gasteiger partial charge on any atom is 0.306 e. The van der Waals surface area contributed by atoms with E-state index in [1.165, 1.54) is 270 Å². The van der Waals surface area contributed by atoms with Crippen LogP contribution in [0.3, 0.4) is 0 Å². The van der Waals surface area contributed by atoms with Crippen molar-refractivity contribution in [2.24, 2.45) is 0 Å². The summed E-state index contributed by atoms with van der Waals surface area (Å²) in [4.78, 5) is 38.1. The normalized spacial score (nSPS) is 12.1. The second-order valence-corrected chi connectivity index (χ2v) is 22.7. The molecule has 0 fully saturated rings. The van der Waals surface area contributed by atoms with E-state index in [1.807, 2.05) is 0 Å². The van der Waals surface area contributed by atoms with Gasteiger partial charge in [0.2, 0.25) is 0 Å². The van der Waals surface area contributed by atoms with Gasteiger partial charge in [0, 0.05) is 19.3 Å².